The van der Waals surface area contributed by atoms with E-state index in [9.17, 15) is 9.59 Å². The molecule has 1 atom stereocenters. The lowest BCUT2D eigenvalue weighted by Crippen LogP contribution is -2.16. The van der Waals surface area contributed by atoms with Crippen LogP contribution in [0.15, 0.2) is 23.6 Å². The second-order valence-corrected chi connectivity index (χ2v) is 6.86. The first kappa shape index (κ1) is 15.3. The molecule has 1 fully saturated rings. The first-order valence-corrected chi connectivity index (χ1v) is 8.85. The number of thiazole rings is 1. The van der Waals surface area contributed by atoms with Crippen LogP contribution in [0.5, 0.6) is 0 Å². The van der Waals surface area contributed by atoms with Gasteiger partial charge in [-0.2, -0.15) is 0 Å². The lowest BCUT2D eigenvalue weighted by atomic mass is 10.00. The van der Waals surface area contributed by atoms with Crippen molar-refractivity contribution >= 4 is 34.0 Å². The van der Waals surface area contributed by atoms with E-state index in [-0.39, 0.29) is 18.2 Å². The van der Waals surface area contributed by atoms with Crippen LogP contribution >= 0.6 is 11.3 Å². The fourth-order valence-corrected chi connectivity index (χ4v) is 3.92. The van der Waals surface area contributed by atoms with Crippen molar-refractivity contribution in [3.8, 4) is 0 Å². The Morgan fingerprint density at radius 1 is 1.42 bits per heavy atom. The molecule has 0 bridgehead atoms. The molecule has 2 N–H and O–H groups in total. The standard InChI is InChI=1S/C17H17N3O3S/c21-15-7-12-11(4-1-5-13(12)18-15)16(22)20-17-19-14(9-24-17)10-3-2-6-23-8-10/h1,4-5,9-10H,2-3,6-8H2,(H,18,21)(H,19,20,22)/t10-/m0/s1. The highest BCUT2D eigenvalue weighted by Crippen LogP contribution is 2.30. The van der Waals surface area contributed by atoms with Crippen molar-refractivity contribution < 1.29 is 14.3 Å². The van der Waals surface area contributed by atoms with E-state index in [1.807, 2.05) is 11.4 Å². The summed E-state index contributed by atoms with van der Waals surface area (Å²) in [7, 11) is 0. The van der Waals surface area contributed by atoms with Crippen LogP contribution in [-0.4, -0.2) is 30.0 Å². The van der Waals surface area contributed by atoms with Crippen LogP contribution in [0.2, 0.25) is 0 Å². The molecule has 2 aromatic rings. The molecule has 0 saturated carbocycles. The van der Waals surface area contributed by atoms with E-state index in [0.29, 0.717) is 28.9 Å². The van der Waals surface area contributed by atoms with Gasteiger partial charge in [-0.1, -0.05) is 6.07 Å². The molecule has 1 aromatic carbocycles. The average molecular weight is 343 g/mol. The van der Waals surface area contributed by atoms with E-state index in [2.05, 4.69) is 15.6 Å². The van der Waals surface area contributed by atoms with Crippen molar-refractivity contribution in [3.63, 3.8) is 0 Å². The average Bonchev–Trinajstić information content (AvgIpc) is 3.20. The number of rotatable bonds is 3. The third kappa shape index (κ3) is 2.92. The highest BCUT2D eigenvalue weighted by Gasteiger charge is 2.24. The molecular weight excluding hydrogens is 326 g/mol. The first-order chi connectivity index (χ1) is 11.7. The summed E-state index contributed by atoms with van der Waals surface area (Å²) in [6, 6.07) is 5.31. The molecule has 2 aliphatic rings. The van der Waals surface area contributed by atoms with Gasteiger partial charge in [-0.3, -0.25) is 14.9 Å². The molecular formula is C17H17N3O3S. The summed E-state index contributed by atoms with van der Waals surface area (Å²) in [6.45, 7) is 1.51. The number of hydrogen-bond acceptors (Lipinski definition) is 5. The van der Waals surface area contributed by atoms with Crippen LogP contribution < -0.4 is 10.6 Å². The smallest absolute Gasteiger partial charge is 0.257 e. The van der Waals surface area contributed by atoms with E-state index in [1.54, 1.807) is 12.1 Å². The van der Waals surface area contributed by atoms with Crippen molar-refractivity contribution in [1.82, 2.24) is 4.98 Å². The molecule has 6 nitrogen and oxygen atoms in total. The fourth-order valence-electron chi connectivity index (χ4n) is 3.13. The normalized spacial score (nSPS) is 19.7. The summed E-state index contributed by atoms with van der Waals surface area (Å²) in [6.07, 6.45) is 2.35. The Bertz CT molecular complexity index is 796. The largest absolute Gasteiger partial charge is 0.381 e. The molecule has 4 rings (SSSR count). The van der Waals surface area contributed by atoms with Crippen LogP contribution in [0.25, 0.3) is 0 Å². The Labute approximate surface area is 143 Å². The zero-order valence-electron chi connectivity index (χ0n) is 13.0. The maximum absolute atomic E-state index is 12.6. The van der Waals surface area contributed by atoms with Gasteiger partial charge in [-0.05, 0) is 30.5 Å². The zero-order valence-corrected chi connectivity index (χ0v) is 13.8. The van der Waals surface area contributed by atoms with Gasteiger partial charge in [0, 0.05) is 29.2 Å². The van der Waals surface area contributed by atoms with Crippen LogP contribution in [-0.2, 0) is 16.0 Å². The molecule has 0 aliphatic carbocycles. The molecule has 7 heteroatoms. The summed E-state index contributed by atoms with van der Waals surface area (Å²) in [5.74, 6) is -0.00771. The zero-order chi connectivity index (χ0) is 16.5. The highest BCUT2D eigenvalue weighted by molar-refractivity contribution is 7.14. The van der Waals surface area contributed by atoms with Crippen molar-refractivity contribution in [2.75, 3.05) is 23.8 Å². The topological polar surface area (TPSA) is 80.3 Å². The van der Waals surface area contributed by atoms with E-state index in [1.165, 1.54) is 11.3 Å². The van der Waals surface area contributed by atoms with Crippen LogP contribution in [0.1, 0.15) is 40.4 Å². The predicted octanol–water partition coefficient (Wildman–Crippen LogP) is 2.78. The van der Waals surface area contributed by atoms with Crippen molar-refractivity contribution in [1.29, 1.82) is 0 Å². The van der Waals surface area contributed by atoms with Gasteiger partial charge in [-0.15, -0.1) is 11.3 Å². The second kappa shape index (κ2) is 6.33. The fraction of sp³-hybridized carbons (Fsp3) is 0.353. The number of benzene rings is 1. The minimum atomic E-state index is -0.232. The van der Waals surface area contributed by atoms with Gasteiger partial charge >= 0.3 is 0 Å². The molecule has 1 saturated heterocycles. The van der Waals surface area contributed by atoms with Gasteiger partial charge in [0.15, 0.2) is 5.13 Å². The van der Waals surface area contributed by atoms with Crippen LogP contribution in [0.3, 0.4) is 0 Å². The number of carbonyl (C=O) groups excluding carboxylic acids is 2. The highest BCUT2D eigenvalue weighted by atomic mass is 32.1. The number of amides is 2. The lowest BCUT2D eigenvalue weighted by molar-refractivity contribution is -0.115. The number of ether oxygens (including phenoxy) is 1. The predicted molar refractivity (Wildman–Crippen MR) is 91.6 cm³/mol. The van der Waals surface area contributed by atoms with Gasteiger partial charge in [-0.25, -0.2) is 4.98 Å². The molecule has 0 spiro atoms. The Kier molecular flexibility index (Phi) is 4.03. The summed E-state index contributed by atoms with van der Waals surface area (Å²) < 4.78 is 5.50. The molecule has 2 aliphatic heterocycles. The number of nitrogens with one attached hydrogen (secondary N) is 2. The van der Waals surface area contributed by atoms with Crippen molar-refractivity contribution in [2.45, 2.75) is 25.2 Å². The number of anilines is 2. The SMILES string of the molecule is O=C1Cc2c(cccc2C(=O)Nc2nc([C@H]3CCCOC3)cs2)N1. The monoisotopic (exact) mass is 343 g/mol. The van der Waals surface area contributed by atoms with E-state index in [4.69, 9.17) is 4.74 Å². The van der Waals surface area contributed by atoms with Crippen molar-refractivity contribution in [2.24, 2.45) is 0 Å². The summed E-state index contributed by atoms with van der Waals surface area (Å²) in [5, 5.41) is 8.17. The third-order valence-electron chi connectivity index (χ3n) is 4.35. The minimum absolute atomic E-state index is 0.0842. The molecule has 1 aromatic heterocycles. The number of aromatic nitrogens is 1. The minimum Gasteiger partial charge on any atom is -0.381 e. The second-order valence-electron chi connectivity index (χ2n) is 6.00. The summed E-state index contributed by atoms with van der Waals surface area (Å²) >= 11 is 1.42. The Hall–Kier alpha value is -2.25. The van der Waals surface area contributed by atoms with E-state index >= 15 is 0 Å². The van der Waals surface area contributed by atoms with Crippen LogP contribution in [0.4, 0.5) is 10.8 Å². The quantitative estimate of drug-likeness (QED) is 0.898. The Morgan fingerprint density at radius 3 is 3.17 bits per heavy atom. The molecule has 0 unspecified atom stereocenters. The number of carbonyl (C=O) groups is 2. The number of fused-ring (bicyclic) bond motifs is 1. The number of hydrogen-bond donors (Lipinski definition) is 2. The summed E-state index contributed by atoms with van der Waals surface area (Å²) in [5.41, 5.74) is 2.96. The molecule has 124 valence electrons. The molecule has 2 amide bonds. The maximum atomic E-state index is 12.6. The molecule has 3 heterocycles. The van der Waals surface area contributed by atoms with E-state index in [0.717, 1.165) is 30.7 Å². The van der Waals surface area contributed by atoms with E-state index < -0.39 is 0 Å². The lowest BCUT2D eigenvalue weighted by Gasteiger charge is -2.19. The molecule has 24 heavy (non-hydrogen) atoms. The Morgan fingerprint density at radius 2 is 2.33 bits per heavy atom. The first-order valence-electron chi connectivity index (χ1n) is 7.97. The van der Waals surface area contributed by atoms with Gasteiger partial charge in [0.25, 0.3) is 5.91 Å². The van der Waals surface area contributed by atoms with Gasteiger partial charge in [0.05, 0.1) is 18.7 Å². The van der Waals surface area contributed by atoms with Gasteiger partial charge in [0.1, 0.15) is 0 Å². The van der Waals surface area contributed by atoms with Crippen LogP contribution in [0, 0.1) is 0 Å². The third-order valence-corrected chi connectivity index (χ3v) is 5.13. The maximum Gasteiger partial charge on any atom is 0.257 e. The molecule has 0 radical (unpaired) electrons. The van der Waals surface area contributed by atoms with Gasteiger partial charge in [0.2, 0.25) is 5.91 Å². The Balaban J connectivity index is 1.50. The van der Waals surface area contributed by atoms with Gasteiger partial charge < -0.3 is 10.1 Å². The number of nitrogens with zero attached hydrogens (tertiary/aromatic N) is 1. The summed E-state index contributed by atoms with van der Waals surface area (Å²) in [4.78, 5) is 28.6. The van der Waals surface area contributed by atoms with Crippen molar-refractivity contribution in [3.05, 3.63) is 40.4 Å².